The lowest BCUT2D eigenvalue weighted by atomic mass is 10.1. The van der Waals surface area contributed by atoms with Crippen molar-refractivity contribution in [3.8, 4) is 28.3 Å². The second-order valence-electron chi connectivity index (χ2n) is 8.29. The lowest BCUT2D eigenvalue weighted by Gasteiger charge is -2.15. The van der Waals surface area contributed by atoms with E-state index in [1.54, 1.807) is 18.2 Å². The summed E-state index contributed by atoms with van der Waals surface area (Å²) >= 11 is 0. The fourth-order valence-corrected chi connectivity index (χ4v) is 3.68. The summed E-state index contributed by atoms with van der Waals surface area (Å²) < 4.78 is 75.1. The summed E-state index contributed by atoms with van der Waals surface area (Å²) in [5, 5.41) is 18.7. The molecule has 2 N–H and O–H groups in total. The van der Waals surface area contributed by atoms with Gasteiger partial charge in [0.25, 0.3) is 0 Å². The molecule has 4 aromatic rings. The molecule has 0 aliphatic rings. The molecule has 9 nitrogen and oxygen atoms in total. The molecule has 0 radical (unpaired) electrons. The van der Waals surface area contributed by atoms with E-state index in [-0.39, 0.29) is 22.8 Å². The van der Waals surface area contributed by atoms with Crippen molar-refractivity contribution >= 4 is 17.1 Å². The third kappa shape index (κ3) is 6.70. The number of rotatable bonds is 9. The Kier molecular flexibility index (Phi) is 7.98. The minimum Gasteiger partial charge on any atom is -0.494 e. The summed E-state index contributed by atoms with van der Waals surface area (Å²) in [7, 11) is 1.40. The van der Waals surface area contributed by atoms with Crippen LogP contribution in [0.4, 0.5) is 27.6 Å². The lowest BCUT2D eigenvalue weighted by molar-refractivity contribution is -0.274. The highest BCUT2D eigenvalue weighted by atomic mass is 19.4. The zero-order valence-electron chi connectivity index (χ0n) is 20.9. The average molecular weight is 560 g/mol. The van der Waals surface area contributed by atoms with Crippen LogP contribution in [0.15, 0.2) is 78.0 Å². The monoisotopic (exact) mass is 560 g/mol. The van der Waals surface area contributed by atoms with Crippen LogP contribution in [0, 0.1) is 5.41 Å². The molecule has 0 aliphatic heterocycles. The molecule has 0 amide bonds. The third-order valence-electron chi connectivity index (χ3n) is 5.33. The van der Waals surface area contributed by atoms with Crippen molar-refractivity contribution in [2.24, 2.45) is 0 Å². The highest BCUT2D eigenvalue weighted by molar-refractivity contribution is 5.98. The van der Waals surface area contributed by atoms with Crippen LogP contribution in [0.3, 0.4) is 0 Å². The van der Waals surface area contributed by atoms with Gasteiger partial charge in [0, 0.05) is 41.5 Å². The first-order valence-corrected chi connectivity index (χ1v) is 11.4. The van der Waals surface area contributed by atoms with Gasteiger partial charge in [0.1, 0.15) is 17.2 Å². The molecule has 208 valence electrons. The molecular formula is C26H21F5N6O3. The van der Waals surface area contributed by atoms with Gasteiger partial charge >= 0.3 is 12.9 Å². The number of benzene rings is 2. The summed E-state index contributed by atoms with van der Waals surface area (Å²) in [6, 6.07) is 11.0. The normalized spacial score (nSPS) is 11.9. The SMILES string of the molecule is COc1cc(-c2cnn(C(F)F)c2)ccc1-n1ccc(=O)c(/C(=C/C(C)=N)Nc2cccc(OC(F)(F)F)c2)n1. The van der Waals surface area contributed by atoms with E-state index in [4.69, 9.17) is 10.1 Å². The Morgan fingerprint density at radius 2 is 1.90 bits per heavy atom. The molecular weight excluding hydrogens is 539 g/mol. The first kappa shape index (κ1) is 28.0. The number of nitrogens with one attached hydrogen (secondary N) is 2. The van der Waals surface area contributed by atoms with E-state index in [2.05, 4.69) is 20.3 Å². The fourth-order valence-electron chi connectivity index (χ4n) is 3.68. The Morgan fingerprint density at radius 1 is 1.12 bits per heavy atom. The van der Waals surface area contributed by atoms with Crippen molar-refractivity contribution in [2.45, 2.75) is 19.8 Å². The molecule has 0 aliphatic carbocycles. The molecule has 2 aromatic heterocycles. The van der Waals surface area contributed by atoms with Crippen LogP contribution in [0.5, 0.6) is 11.5 Å². The molecule has 0 bridgehead atoms. The standard InChI is InChI=1S/C26H21F5N6O3/c1-15(32)10-20(34-18-4-3-5-19(12-18)40-26(29,30)31)24-22(38)8-9-36(35-24)21-7-6-16(11-23(21)39-2)17-13-33-37(14-17)25(27)28/h3-14,25,32,34H,1-2H3/b20-10-,32-15?. The predicted molar refractivity (Wildman–Crippen MR) is 137 cm³/mol. The van der Waals surface area contributed by atoms with E-state index >= 15 is 0 Å². The van der Waals surface area contributed by atoms with Gasteiger partial charge in [-0.15, -0.1) is 13.2 Å². The summed E-state index contributed by atoms with van der Waals surface area (Å²) in [6.45, 7) is -1.34. The van der Waals surface area contributed by atoms with E-state index < -0.39 is 24.1 Å². The Hall–Kier alpha value is -5.01. The van der Waals surface area contributed by atoms with Gasteiger partial charge in [-0.1, -0.05) is 12.1 Å². The molecule has 2 aromatic carbocycles. The molecule has 0 unspecified atom stereocenters. The predicted octanol–water partition coefficient (Wildman–Crippen LogP) is 5.89. The largest absolute Gasteiger partial charge is 0.573 e. The van der Waals surface area contributed by atoms with Crippen LogP contribution in [-0.2, 0) is 0 Å². The van der Waals surface area contributed by atoms with Gasteiger partial charge in [0.2, 0.25) is 5.43 Å². The van der Waals surface area contributed by atoms with E-state index in [9.17, 15) is 26.7 Å². The van der Waals surface area contributed by atoms with Gasteiger partial charge in [-0.05, 0) is 42.8 Å². The van der Waals surface area contributed by atoms with Gasteiger partial charge in [0.05, 0.1) is 19.0 Å². The van der Waals surface area contributed by atoms with Crippen molar-refractivity contribution < 1.29 is 31.4 Å². The van der Waals surface area contributed by atoms with Crippen LogP contribution in [0.25, 0.3) is 22.5 Å². The number of methoxy groups -OCH3 is 1. The molecule has 40 heavy (non-hydrogen) atoms. The van der Waals surface area contributed by atoms with E-state index in [1.807, 2.05) is 0 Å². The molecule has 0 spiro atoms. The number of nitrogens with zero attached hydrogens (tertiary/aromatic N) is 4. The summed E-state index contributed by atoms with van der Waals surface area (Å²) in [5.41, 5.74) is 0.911. The summed E-state index contributed by atoms with van der Waals surface area (Å²) in [6.07, 6.45) is 0.256. The maximum absolute atomic E-state index is 12.9. The number of halogens is 5. The Morgan fingerprint density at radius 3 is 2.55 bits per heavy atom. The number of hydrogen-bond acceptors (Lipinski definition) is 7. The zero-order chi connectivity index (χ0) is 29.0. The molecule has 0 saturated carbocycles. The van der Waals surface area contributed by atoms with Crippen molar-refractivity contribution in [1.29, 1.82) is 5.41 Å². The maximum Gasteiger partial charge on any atom is 0.573 e. The van der Waals surface area contributed by atoms with Gasteiger partial charge in [-0.3, -0.25) is 4.79 Å². The average Bonchev–Trinajstić information content (AvgIpc) is 3.38. The van der Waals surface area contributed by atoms with E-state index in [0.29, 0.717) is 27.2 Å². The zero-order valence-corrected chi connectivity index (χ0v) is 20.9. The molecule has 14 heteroatoms. The lowest BCUT2D eigenvalue weighted by Crippen LogP contribution is -2.19. The summed E-state index contributed by atoms with van der Waals surface area (Å²) in [4.78, 5) is 12.8. The Labute approximate surface area is 223 Å². The number of ether oxygens (including phenoxy) is 2. The molecule has 4 rings (SSSR count). The highest BCUT2D eigenvalue weighted by Gasteiger charge is 2.31. The number of allylic oxidation sites excluding steroid dienone is 1. The molecule has 0 atom stereocenters. The quantitative estimate of drug-likeness (QED) is 0.195. The van der Waals surface area contributed by atoms with Crippen LogP contribution in [0.2, 0.25) is 0 Å². The minimum absolute atomic E-state index is 0.0353. The fraction of sp³-hybridized carbons (Fsp3) is 0.154. The van der Waals surface area contributed by atoms with Gasteiger partial charge in [-0.25, -0.2) is 9.36 Å². The first-order valence-electron chi connectivity index (χ1n) is 11.4. The second-order valence-corrected chi connectivity index (χ2v) is 8.29. The van der Waals surface area contributed by atoms with E-state index in [0.717, 1.165) is 12.1 Å². The summed E-state index contributed by atoms with van der Waals surface area (Å²) in [5.74, 6) is -0.186. The van der Waals surface area contributed by atoms with Crippen LogP contribution >= 0.6 is 0 Å². The first-order chi connectivity index (χ1) is 18.9. The number of aromatic nitrogens is 4. The molecule has 0 saturated heterocycles. The Bertz CT molecular complexity index is 1630. The van der Waals surface area contributed by atoms with Gasteiger partial charge in [0.15, 0.2) is 5.69 Å². The van der Waals surface area contributed by atoms with Crippen LogP contribution in [-0.4, -0.2) is 38.7 Å². The van der Waals surface area contributed by atoms with Crippen molar-refractivity contribution in [3.05, 3.63) is 89.1 Å². The van der Waals surface area contributed by atoms with Crippen LogP contribution in [0.1, 0.15) is 19.2 Å². The topological polar surface area (TPSA) is 107 Å². The minimum atomic E-state index is -4.89. The smallest absolute Gasteiger partial charge is 0.494 e. The second kappa shape index (κ2) is 11.4. The molecule has 2 heterocycles. The Balaban J connectivity index is 1.72. The van der Waals surface area contributed by atoms with Crippen molar-refractivity contribution in [1.82, 2.24) is 19.6 Å². The maximum atomic E-state index is 12.9. The van der Waals surface area contributed by atoms with Gasteiger partial charge in [-0.2, -0.15) is 19.0 Å². The number of alkyl halides is 5. The van der Waals surface area contributed by atoms with E-state index in [1.165, 1.54) is 61.6 Å². The van der Waals surface area contributed by atoms with Crippen LogP contribution < -0.4 is 20.2 Å². The van der Waals surface area contributed by atoms with Crippen molar-refractivity contribution in [2.75, 3.05) is 12.4 Å². The molecule has 0 fully saturated rings. The highest BCUT2D eigenvalue weighted by Crippen LogP contribution is 2.30. The van der Waals surface area contributed by atoms with Crippen molar-refractivity contribution in [3.63, 3.8) is 0 Å². The number of anilines is 1. The number of hydrogen-bond donors (Lipinski definition) is 2. The van der Waals surface area contributed by atoms with Gasteiger partial charge < -0.3 is 20.2 Å². The third-order valence-corrected chi connectivity index (χ3v) is 5.33.